The van der Waals surface area contributed by atoms with E-state index in [1.54, 1.807) is 54.6 Å². The fraction of sp³-hybridized carbons (Fsp3) is 0.174. The van der Waals surface area contributed by atoms with E-state index in [1.807, 2.05) is 6.92 Å². The molecule has 0 N–H and O–H groups in total. The van der Waals surface area contributed by atoms with Crippen LogP contribution in [0.15, 0.2) is 75.1 Å². The summed E-state index contributed by atoms with van der Waals surface area (Å²) in [7, 11) is 0. The van der Waals surface area contributed by atoms with Gasteiger partial charge < -0.3 is 4.74 Å². The largest absolute Gasteiger partial charge is 0.462 e. The summed E-state index contributed by atoms with van der Waals surface area (Å²) in [5, 5.41) is 26.1. The van der Waals surface area contributed by atoms with E-state index in [0.717, 1.165) is 22.4 Å². The van der Waals surface area contributed by atoms with Gasteiger partial charge in [-0.25, -0.2) is 9.78 Å². The van der Waals surface area contributed by atoms with Crippen LogP contribution >= 0.6 is 22.7 Å². The number of benzene rings is 2. The van der Waals surface area contributed by atoms with Crippen LogP contribution in [0, 0.1) is 11.3 Å². The zero-order chi connectivity index (χ0) is 23.0. The second-order valence-corrected chi connectivity index (χ2v) is 8.88. The van der Waals surface area contributed by atoms with Gasteiger partial charge in [-0.1, -0.05) is 24.7 Å². The summed E-state index contributed by atoms with van der Waals surface area (Å²) in [4.78, 5) is 17.8. The minimum absolute atomic E-state index is 0.307. The molecule has 0 spiro atoms. The van der Waals surface area contributed by atoms with Crippen LogP contribution in [0.4, 0.5) is 22.2 Å². The normalized spacial score (nSPS) is 11.4. The maximum absolute atomic E-state index is 12.1. The van der Waals surface area contributed by atoms with Gasteiger partial charge in [-0.05, 0) is 61.0 Å². The Hall–Kier alpha value is -3.81. The molecule has 0 saturated carbocycles. The van der Waals surface area contributed by atoms with E-state index >= 15 is 0 Å². The van der Waals surface area contributed by atoms with Crippen LogP contribution in [-0.4, -0.2) is 17.6 Å². The lowest BCUT2D eigenvalue weighted by molar-refractivity contribution is 0.0505. The summed E-state index contributed by atoms with van der Waals surface area (Å²) < 4.78 is 6.13. The highest BCUT2D eigenvalue weighted by Gasteiger charge is 2.15. The molecule has 0 bridgehead atoms. The van der Waals surface area contributed by atoms with Gasteiger partial charge in [-0.15, -0.1) is 21.6 Å². The third-order valence-electron chi connectivity index (χ3n) is 4.39. The molecule has 8 nitrogen and oxygen atoms in total. The number of ether oxygens (including phenoxy) is 1. The Bertz CT molecular complexity index is 1320. The first-order valence-corrected chi connectivity index (χ1v) is 11.8. The summed E-state index contributed by atoms with van der Waals surface area (Å²) in [6.45, 7) is 2.48. The Morgan fingerprint density at radius 2 is 1.58 bits per heavy atom. The van der Waals surface area contributed by atoms with Gasteiger partial charge >= 0.3 is 5.97 Å². The van der Waals surface area contributed by atoms with Crippen LogP contribution in [-0.2, 0) is 4.74 Å². The first kappa shape index (κ1) is 22.4. The fourth-order valence-corrected chi connectivity index (χ4v) is 4.58. The summed E-state index contributed by atoms with van der Waals surface area (Å²) >= 11 is 2.67. The Morgan fingerprint density at radius 3 is 2.15 bits per heavy atom. The Labute approximate surface area is 197 Å². The number of fused-ring (bicyclic) bond motifs is 1. The van der Waals surface area contributed by atoms with Crippen molar-refractivity contribution in [2.45, 2.75) is 19.8 Å². The van der Waals surface area contributed by atoms with Crippen LogP contribution in [0.1, 0.15) is 35.0 Å². The molecule has 2 aromatic heterocycles. The van der Waals surface area contributed by atoms with Crippen molar-refractivity contribution in [1.29, 1.82) is 5.26 Å². The van der Waals surface area contributed by atoms with Crippen LogP contribution < -0.4 is 0 Å². The number of hydrogen-bond donors (Lipinski definition) is 0. The molecule has 4 rings (SSSR count). The van der Waals surface area contributed by atoms with Crippen LogP contribution in [0.25, 0.3) is 9.53 Å². The highest BCUT2D eigenvalue weighted by atomic mass is 32.1. The summed E-state index contributed by atoms with van der Waals surface area (Å²) in [5.41, 5.74) is 2.57. The molecule has 33 heavy (non-hydrogen) atoms. The van der Waals surface area contributed by atoms with Gasteiger partial charge in [-0.3, -0.25) is 0 Å². The molecule has 0 unspecified atom stereocenters. The number of carbonyl (C=O) groups excluding carboxylic acids is 1. The first-order valence-electron chi connectivity index (χ1n) is 10.2. The monoisotopic (exact) mass is 474 g/mol. The van der Waals surface area contributed by atoms with Crippen molar-refractivity contribution in [1.82, 2.24) is 4.98 Å². The minimum atomic E-state index is -0.307. The van der Waals surface area contributed by atoms with Gasteiger partial charge in [0.2, 0.25) is 5.13 Å². The number of aromatic nitrogens is 1. The van der Waals surface area contributed by atoms with E-state index in [1.165, 1.54) is 22.7 Å². The predicted octanol–water partition coefficient (Wildman–Crippen LogP) is 8.02. The summed E-state index contributed by atoms with van der Waals surface area (Å²) in [5.74, 6) is -0.307. The van der Waals surface area contributed by atoms with E-state index in [2.05, 4.69) is 31.5 Å². The highest BCUT2D eigenvalue weighted by molar-refractivity contribution is 7.29. The molecule has 0 aliphatic carbocycles. The van der Waals surface area contributed by atoms with Crippen LogP contribution in [0.3, 0.4) is 0 Å². The molecule has 0 radical (unpaired) electrons. The first-order chi connectivity index (χ1) is 16.1. The van der Waals surface area contributed by atoms with Crippen molar-refractivity contribution >= 4 is 60.4 Å². The third kappa shape index (κ3) is 5.91. The van der Waals surface area contributed by atoms with Gasteiger partial charge in [0.15, 0.2) is 0 Å². The molecule has 2 heterocycles. The highest BCUT2D eigenvalue weighted by Crippen LogP contribution is 2.35. The molecular weight excluding hydrogens is 456 g/mol. The topological polar surface area (TPSA) is 112 Å². The number of carbonyl (C=O) groups is 1. The maximum Gasteiger partial charge on any atom is 0.348 e. The number of esters is 1. The van der Waals surface area contributed by atoms with Crippen LogP contribution in [0.5, 0.6) is 0 Å². The zero-order valence-electron chi connectivity index (χ0n) is 17.6. The lowest BCUT2D eigenvalue weighted by Crippen LogP contribution is -2.03. The SMILES string of the molecule is CCCCOC(=O)c1cc2sc(N=Nc3ccc(N=Nc4ccc(C#N)cc4)cc3)nc2s1. The van der Waals surface area contributed by atoms with Gasteiger partial charge in [0.05, 0.1) is 40.0 Å². The van der Waals surface area contributed by atoms with Crippen molar-refractivity contribution in [3.05, 3.63) is 65.0 Å². The maximum atomic E-state index is 12.1. The number of azo groups is 2. The molecule has 2 aromatic carbocycles. The number of nitriles is 1. The van der Waals surface area contributed by atoms with Crippen molar-refractivity contribution in [2.24, 2.45) is 20.5 Å². The second kappa shape index (κ2) is 10.7. The molecule has 4 aromatic rings. The second-order valence-electron chi connectivity index (χ2n) is 6.84. The van der Waals surface area contributed by atoms with E-state index in [-0.39, 0.29) is 5.97 Å². The van der Waals surface area contributed by atoms with Gasteiger partial charge in [0.25, 0.3) is 0 Å². The van der Waals surface area contributed by atoms with E-state index in [4.69, 9.17) is 10.00 Å². The molecule has 0 aliphatic rings. The molecule has 0 aliphatic heterocycles. The Kier molecular flexibility index (Phi) is 7.24. The van der Waals surface area contributed by atoms with Crippen LogP contribution in [0.2, 0.25) is 0 Å². The van der Waals surface area contributed by atoms with Gasteiger partial charge in [-0.2, -0.15) is 15.5 Å². The Balaban J connectivity index is 1.37. The van der Waals surface area contributed by atoms with Gasteiger partial charge in [0, 0.05) is 0 Å². The molecule has 0 fully saturated rings. The fourth-order valence-electron chi connectivity index (χ4n) is 2.65. The van der Waals surface area contributed by atoms with Crippen molar-refractivity contribution in [3.63, 3.8) is 0 Å². The lowest BCUT2D eigenvalue weighted by atomic mass is 10.2. The van der Waals surface area contributed by atoms with E-state index < -0.39 is 0 Å². The standard InChI is InChI=1S/C23H18N6O2S2/c1-2-3-12-31-22(30)20-13-19-21(32-20)25-23(33-19)29-28-18-10-8-17(9-11-18)27-26-16-6-4-15(14-24)5-7-16/h4-11,13H,2-3,12H2,1H3. The quantitative estimate of drug-likeness (QED) is 0.146. The number of nitrogens with zero attached hydrogens (tertiary/aromatic N) is 6. The molecule has 0 atom stereocenters. The molecule has 0 saturated heterocycles. The number of hydrogen-bond acceptors (Lipinski definition) is 10. The molecule has 164 valence electrons. The van der Waals surface area contributed by atoms with Crippen molar-refractivity contribution in [3.8, 4) is 6.07 Å². The minimum Gasteiger partial charge on any atom is -0.462 e. The number of unbranched alkanes of at least 4 members (excludes halogenated alkanes) is 1. The van der Waals surface area contributed by atoms with E-state index in [0.29, 0.717) is 39.2 Å². The number of thiazole rings is 1. The summed E-state index contributed by atoms with van der Waals surface area (Å²) in [6.07, 6.45) is 1.84. The third-order valence-corrected chi connectivity index (χ3v) is 6.41. The average Bonchev–Trinajstić information content (AvgIpc) is 3.42. The van der Waals surface area contributed by atoms with Gasteiger partial charge in [0.1, 0.15) is 9.71 Å². The predicted molar refractivity (Wildman–Crippen MR) is 129 cm³/mol. The number of rotatable bonds is 8. The Morgan fingerprint density at radius 1 is 0.970 bits per heavy atom. The average molecular weight is 475 g/mol. The zero-order valence-corrected chi connectivity index (χ0v) is 19.3. The smallest absolute Gasteiger partial charge is 0.348 e. The van der Waals surface area contributed by atoms with Crippen molar-refractivity contribution in [2.75, 3.05) is 6.61 Å². The van der Waals surface area contributed by atoms with E-state index in [9.17, 15) is 4.79 Å². The van der Waals surface area contributed by atoms with Crippen molar-refractivity contribution < 1.29 is 9.53 Å². The molecule has 10 heteroatoms. The number of thiophene rings is 1. The summed E-state index contributed by atoms with van der Waals surface area (Å²) in [6, 6.07) is 17.9. The lowest BCUT2D eigenvalue weighted by Gasteiger charge is -2.00. The molecular formula is C23H18N6O2S2. The molecule has 0 amide bonds.